The summed E-state index contributed by atoms with van der Waals surface area (Å²) in [6, 6.07) is 10.6. The summed E-state index contributed by atoms with van der Waals surface area (Å²) in [6.45, 7) is 11.1. The van der Waals surface area contributed by atoms with Gasteiger partial charge in [-0.25, -0.2) is 0 Å². The Kier molecular flexibility index (Phi) is 8.12. The second-order valence-electron chi connectivity index (χ2n) is 6.91. The van der Waals surface area contributed by atoms with Crippen LogP contribution in [0.3, 0.4) is 0 Å². The first kappa shape index (κ1) is 19.9. The van der Waals surface area contributed by atoms with E-state index in [0.717, 1.165) is 44.3 Å². The molecule has 2 aromatic rings. The van der Waals surface area contributed by atoms with E-state index in [2.05, 4.69) is 77.4 Å². The predicted molar refractivity (Wildman–Crippen MR) is 107 cm³/mol. The Morgan fingerprint density at radius 1 is 1.19 bits per heavy atom. The maximum Gasteiger partial charge on any atom is 0.191 e. The number of aromatic nitrogens is 3. The van der Waals surface area contributed by atoms with Gasteiger partial charge in [0.2, 0.25) is 0 Å². The number of nitrogens with one attached hydrogen (secondary N) is 2. The van der Waals surface area contributed by atoms with Crippen LogP contribution in [0.15, 0.2) is 41.7 Å². The molecule has 2 rings (SSSR count). The summed E-state index contributed by atoms with van der Waals surface area (Å²) in [5.74, 6) is 2.51. The lowest BCUT2D eigenvalue weighted by Gasteiger charge is -2.19. The Labute approximate surface area is 157 Å². The van der Waals surface area contributed by atoms with E-state index in [-0.39, 0.29) is 6.04 Å². The number of guanidine groups is 1. The lowest BCUT2D eigenvalue weighted by atomic mass is 10.1. The second kappa shape index (κ2) is 10.6. The van der Waals surface area contributed by atoms with Gasteiger partial charge in [0.25, 0.3) is 0 Å². The number of rotatable bonds is 9. The van der Waals surface area contributed by atoms with Gasteiger partial charge in [-0.15, -0.1) is 10.2 Å². The highest BCUT2D eigenvalue weighted by atomic mass is 15.3. The number of aliphatic imine (C=N–C) groups is 1. The highest BCUT2D eigenvalue weighted by Gasteiger charge is 2.08. The highest BCUT2D eigenvalue weighted by molar-refractivity contribution is 5.80. The number of hydrogen-bond acceptors (Lipinski definition) is 3. The molecule has 6 nitrogen and oxygen atoms in total. The van der Waals surface area contributed by atoms with Crippen molar-refractivity contribution in [2.45, 2.75) is 53.1 Å². The summed E-state index contributed by atoms with van der Waals surface area (Å²) in [5, 5.41) is 15.1. The summed E-state index contributed by atoms with van der Waals surface area (Å²) < 4.78 is 2.08. The first-order chi connectivity index (χ1) is 12.6. The van der Waals surface area contributed by atoms with Gasteiger partial charge in [-0.1, -0.05) is 51.1 Å². The molecule has 0 aliphatic rings. The zero-order valence-corrected chi connectivity index (χ0v) is 16.4. The van der Waals surface area contributed by atoms with Crippen molar-refractivity contribution in [2.75, 3.05) is 13.1 Å². The van der Waals surface area contributed by atoms with Crippen molar-refractivity contribution in [3.05, 3.63) is 48.0 Å². The van der Waals surface area contributed by atoms with Gasteiger partial charge in [-0.05, 0) is 24.8 Å². The number of aryl methyl sites for hydroxylation is 1. The molecule has 0 aliphatic carbocycles. The summed E-state index contributed by atoms with van der Waals surface area (Å²) in [6.07, 6.45) is 3.76. The zero-order chi connectivity index (χ0) is 18.8. The lowest BCUT2D eigenvalue weighted by Crippen LogP contribution is -2.40. The molecule has 1 aromatic carbocycles. The molecule has 1 aromatic heterocycles. The molecule has 1 unspecified atom stereocenters. The number of benzene rings is 1. The normalized spacial score (nSPS) is 13.0. The SMILES string of the molecule is CCc1nncn1CCNC(=NCCC(C)C)NC(C)c1ccccc1. The maximum atomic E-state index is 4.74. The van der Waals surface area contributed by atoms with E-state index in [1.165, 1.54) is 5.56 Å². The molecule has 6 heteroatoms. The fourth-order valence-electron chi connectivity index (χ4n) is 2.65. The van der Waals surface area contributed by atoms with Crippen LogP contribution in [0.2, 0.25) is 0 Å². The van der Waals surface area contributed by atoms with Crippen molar-refractivity contribution in [3.63, 3.8) is 0 Å². The molecule has 0 saturated heterocycles. The monoisotopic (exact) mass is 356 g/mol. The molecule has 2 N–H and O–H groups in total. The number of nitrogens with zero attached hydrogens (tertiary/aromatic N) is 4. The molecule has 0 saturated carbocycles. The van der Waals surface area contributed by atoms with Crippen LogP contribution in [0.25, 0.3) is 0 Å². The minimum absolute atomic E-state index is 0.197. The van der Waals surface area contributed by atoms with Crippen LogP contribution in [-0.4, -0.2) is 33.8 Å². The topological polar surface area (TPSA) is 67.1 Å². The molecule has 142 valence electrons. The first-order valence-corrected chi connectivity index (χ1v) is 9.56. The summed E-state index contributed by atoms with van der Waals surface area (Å²) in [7, 11) is 0. The minimum atomic E-state index is 0.197. The van der Waals surface area contributed by atoms with Crippen molar-refractivity contribution in [1.29, 1.82) is 0 Å². The highest BCUT2D eigenvalue weighted by Crippen LogP contribution is 2.10. The van der Waals surface area contributed by atoms with Gasteiger partial charge in [-0.2, -0.15) is 0 Å². The molecule has 0 aliphatic heterocycles. The van der Waals surface area contributed by atoms with Crippen LogP contribution in [0, 0.1) is 5.92 Å². The molecular formula is C20H32N6. The van der Waals surface area contributed by atoms with Gasteiger partial charge < -0.3 is 15.2 Å². The van der Waals surface area contributed by atoms with E-state index in [0.29, 0.717) is 5.92 Å². The third-order valence-corrected chi connectivity index (χ3v) is 4.29. The van der Waals surface area contributed by atoms with E-state index >= 15 is 0 Å². The van der Waals surface area contributed by atoms with Crippen molar-refractivity contribution < 1.29 is 0 Å². The smallest absolute Gasteiger partial charge is 0.191 e. The van der Waals surface area contributed by atoms with Gasteiger partial charge in [0, 0.05) is 26.1 Å². The fourth-order valence-corrected chi connectivity index (χ4v) is 2.65. The quantitative estimate of drug-likeness (QED) is 0.535. The van der Waals surface area contributed by atoms with Crippen LogP contribution in [0.4, 0.5) is 0 Å². The van der Waals surface area contributed by atoms with E-state index in [1.54, 1.807) is 6.33 Å². The van der Waals surface area contributed by atoms with Crippen molar-refractivity contribution in [3.8, 4) is 0 Å². The molecular weight excluding hydrogens is 324 g/mol. The Bertz CT molecular complexity index is 662. The maximum absolute atomic E-state index is 4.74. The third kappa shape index (κ3) is 6.50. The molecule has 1 heterocycles. The van der Waals surface area contributed by atoms with E-state index in [9.17, 15) is 0 Å². The molecule has 0 radical (unpaired) electrons. The van der Waals surface area contributed by atoms with E-state index in [4.69, 9.17) is 4.99 Å². The molecule has 0 fully saturated rings. The van der Waals surface area contributed by atoms with Crippen LogP contribution in [0.1, 0.15) is 51.5 Å². The Morgan fingerprint density at radius 3 is 2.65 bits per heavy atom. The van der Waals surface area contributed by atoms with Crippen LogP contribution < -0.4 is 10.6 Å². The van der Waals surface area contributed by atoms with E-state index < -0.39 is 0 Å². The minimum Gasteiger partial charge on any atom is -0.355 e. The van der Waals surface area contributed by atoms with Gasteiger partial charge in [0.1, 0.15) is 12.2 Å². The summed E-state index contributed by atoms with van der Waals surface area (Å²) in [4.78, 5) is 4.74. The summed E-state index contributed by atoms with van der Waals surface area (Å²) in [5.41, 5.74) is 1.25. The molecule has 0 amide bonds. The van der Waals surface area contributed by atoms with Gasteiger partial charge in [0.05, 0.1) is 6.04 Å². The molecule has 26 heavy (non-hydrogen) atoms. The van der Waals surface area contributed by atoms with Crippen molar-refractivity contribution in [2.24, 2.45) is 10.9 Å². The standard InChI is InChI=1S/C20H32N6/c1-5-19-25-23-15-26(19)14-13-22-20(21-12-11-16(2)3)24-17(4)18-9-7-6-8-10-18/h6-10,15-17H,5,11-14H2,1-4H3,(H2,21,22,24). The molecule has 1 atom stereocenters. The third-order valence-electron chi connectivity index (χ3n) is 4.29. The summed E-state index contributed by atoms with van der Waals surface area (Å²) >= 11 is 0. The Morgan fingerprint density at radius 2 is 1.96 bits per heavy atom. The Hall–Kier alpha value is -2.37. The zero-order valence-electron chi connectivity index (χ0n) is 16.4. The van der Waals surface area contributed by atoms with E-state index in [1.807, 2.05) is 6.07 Å². The largest absolute Gasteiger partial charge is 0.355 e. The fraction of sp³-hybridized carbons (Fsp3) is 0.550. The number of hydrogen-bond donors (Lipinski definition) is 2. The molecule has 0 spiro atoms. The van der Waals surface area contributed by atoms with Crippen molar-refractivity contribution in [1.82, 2.24) is 25.4 Å². The van der Waals surface area contributed by atoms with Gasteiger partial charge in [-0.3, -0.25) is 4.99 Å². The average Bonchev–Trinajstić information content (AvgIpc) is 3.09. The average molecular weight is 357 g/mol. The second-order valence-corrected chi connectivity index (χ2v) is 6.91. The van der Waals surface area contributed by atoms with Crippen molar-refractivity contribution >= 4 is 5.96 Å². The van der Waals surface area contributed by atoms with Crippen LogP contribution >= 0.6 is 0 Å². The van der Waals surface area contributed by atoms with Gasteiger partial charge in [0.15, 0.2) is 5.96 Å². The van der Waals surface area contributed by atoms with Crippen LogP contribution in [-0.2, 0) is 13.0 Å². The molecule has 0 bridgehead atoms. The van der Waals surface area contributed by atoms with Gasteiger partial charge >= 0.3 is 0 Å². The first-order valence-electron chi connectivity index (χ1n) is 9.56. The Balaban J connectivity index is 1.94. The predicted octanol–water partition coefficient (Wildman–Crippen LogP) is 3.18. The lowest BCUT2D eigenvalue weighted by molar-refractivity contribution is 0.587. The van der Waals surface area contributed by atoms with Crippen LogP contribution in [0.5, 0.6) is 0 Å².